The highest BCUT2D eigenvalue weighted by Gasteiger charge is 2.41. The lowest BCUT2D eigenvalue weighted by Crippen LogP contribution is -2.17. The van der Waals surface area contributed by atoms with Crippen molar-refractivity contribution in [3.63, 3.8) is 0 Å². The van der Waals surface area contributed by atoms with Crippen LogP contribution in [0, 0.1) is 5.82 Å². The molecule has 0 unspecified atom stereocenters. The van der Waals surface area contributed by atoms with Crippen LogP contribution >= 0.6 is 0 Å². The predicted molar refractivity (Wildman–Crippen MR) is 82.0 cm³/mol. The van der Waals surface area contributed by atoms with E-state index in [1.54, 1.807) is 6.92 Å². The number of benzene rings is 1. The van der Waals surface area contributed by atoms with Gasteiger partial charge in [0.15, 0.2) is 5.69 Å². The lowest BCUT2D eigenvalue weighted by molar-refractivity contribution is -0.143. The van der Waals surface area contributed by atoms with Gasteiger partial charge in [0, 0.05) is 5.39 Å². The molecule has 2 heterocycles. The molecular formula is C16H11F4N3O3. The summed E-state index contributed by atoms with van der Waals surface area (Å²) in [4.78, 5) is 15.0. The van der Waals surface area contributed by atoms with Crippen molar-refractivity contribution in [1.82, 2.24) is 14.8 Å². The molecule has 1 aromatic carbocycles. The van der Waals surface area contributed by atoms with E-state index in [2.05, 4.69) is 10.1 Å². The molecule has 6 nitrogen and oxygen atoms in total. The first-order valence-electron chi connectivity index (χ1n) is 7.34. The first kappa shape index (κ1) is 17.6. The summed E-state index contributed by atoms with van der Waals surface area (Å²) in [6.45, 7) is 1.82. The number of carboxylic acid groups (broad SMARTS) is 1. The summed E-state index contributed by atoms with van der Waals surface area (Å²) in [6, 6.07) is 3.80. The third kappa shape index (κ3) is 2.83. The quantitative estimate of drug-likeness (QED) is 0.710. The van der Waals surface area contributed by atoms with Gasteiger partial charge >= 0.3 is 12.1 Å². The number of hydrogen-bond acceptors (Lipinski definition) is 4. The van der Waals surface area contributed by atoms with Crippen molar-refractivity contribution in [3.8, 4) is 11.6 Å². The summed E-state index contributed by atoms with van der Waals surface area (Å²) in [6.07, 6.45) is -3.38. The fourth-order valence-electron chi connectivity index (χ4n) is 2.58. The maximum absolute atomic E-state index is 14.3. The van der Waals surface area contributed by atoms with Crippen LogP contribution in [0.3, 0.4) is 0 Å². The lowest BCUT2D eigenvalue weighted by atomic mass is 10.1. The van der Waals surface area contributed by atoms with Crippen LogP contribution in [-0.4, -0.2) is 32.4 Å². The van der Waals surface area contributed by atoms with Crippen LogP contribution in [0.25, 0.3) is 16.5 Å². The van der Waals surface area contributed by atoms with Crippen LogP contribution in [0.5, 0.6) is 5.88 Å². The second-order valence-corrected chi connectivity index (χ2v) is 5.17. The number of hydrogen-bond donors (Lipinski definition) is 1. The van der Waals surface area contributed by atoms with Gasteiger partial charge in [-0.1, -0.05) is 12.1 Å². The zero-order valence-corrected chi connectivity index (χ0v) is 13.2. The number of nitrogens with zero attached hydrogens (tertiary/aromatic N) is 3. The van der Waals surface area contributed by atoms with Gasteiger partial charge < -0.3 is 9.84 Å². The maximum atomic E-state index is 14.3. The van der Waals surface area contributed by atoms with E-state index in [-0.39, 0.29) is 28.9 Å². The molecule has 0 amide bonds. The molecule has 136 valence electrons. The van der Waals surface area contributed by atoms with Crippen LogP contribution in [0.1, 0.15) is 23.0 Å². The number of aromatic nitrogens is 3. The van der Waals surface area contributed by atoms with Gasteiger partial charge in [-0.2, -0.15) is 18.3 Å². The van der Waals surface area contributed by atoms with Gasteiger partial charge in [-0.3, -0.25) is 0 Å². The Kier molecular flexibility index (Phi) is 4.26. The summed E-state index contributed by atoms with van der Waals surface area (Å²) in [5.74, 6) is -2.60. The zero-order valence-electron chi connectivity index (χ0n) is 13.2. The van der Waals surface area contributed by atoms with E-state index >= 15 is 0 Å². The number of pyridine rings is 1. The standard InChI is InChI=1S/C16H11F4N3O3/c1-2-26-14-12-8(4-3-5-10(12)17)11(7-21-14)23-13(16(18,19)20)9(6-22-23)15(24)25/h3-7H,2H2,1H3,(H,24,25). The summed E-state index contributed by atoms with van der Waals surface area (Å²) in [5.41, 5.74) is -2.72. The molecule has 0 aliphatic heterocycles. The highest BCUT2D eigenvalue weighted by atomic mass is 19.4. The Labute approximate surface area is 143 Å². The van der Waals surface area contributed by atoms with Gasteiger partial charge in [-0.05, 0) is 13.0 Å². The Hall–Kier alpha value is -3.17. The van der Waals surface area contributed by atoms with Crippen molar-refractivity contribution in [3.05, 3.63) is 47.7 Å². The monoisotopic (exact) mass is 369 g/mol. The van der Waals surface area contributed by atoms with Crippen molar-refractivity contribution in [1.29, 1.82) is 0 Å². The van der Waals surface area contributed by atoms with E-state index in [0.717, 1.165) is 12.3 Å². The summed E-state index contributed by atoms with van der Waals surface area (Å²) < 4.78 is 60.2. The fraction of sp³-hybridized carbons (Fsp3) is 0.188. The first-order valence-corrected chi connectivity index (χ1v) is 7.34. The normalized spacial score (nSPS) is 11.7. The highest BCUT2D eigenvalue weighted by molar-refractivity contribution is 5.94. The van der Waals surface area contributed by atoms with E-state index in [9.17, 15) is 22.4 Å². The van der Waals surface area contributed by atoms with Gasteiger partial charge in [0.2, 0.25) is 5.88 Å². The molecular weight excluding hydrogens is 358 g/mol. The molecule has 3 aromatic rings. The van der Waals surface area contributed by atoms with Crippen molar-refractivity contribution in [2.45, 2.75) is 13.1 Å². The van der Waals surface area contributed by atoms with Crippen LogP contribution in [-0.2, 0) is 6.18 Å². The molecule has 0 saturated carbocycles. The summed E-state index contributed by atoms with van der Waals surface area (Å²) in [5, 5.41) is 12.5. The third-order valence-corrected chi connectivity index (χ3v) is 3.58. The third-order valence-electron chi connectivity index (χ3n) is 3.58. The average Bonchev–Trinajstić information content (AvgIpc) is 3.01. The molecule has 10 heteroatoms. The number of ether oxygens (including phenoxy) is 1. The Morgan fingerprint density at radius 3 is 2.65 bits per heavy atom. The molecule has 3 rings (SSSR count). The molecule has 0 aliphatic rings. The van der Waals surface area contributed by atoms with Gasteiger partial charge in [0.25, 0.3) is 0 Å². The lowest BCUT2D eigenvalue weighted by Gasteiger charge is -2.15. The van der Waals surface area contributed by atoms with E-state index < -0.39 is 29.2 Å². The Morgan fingerprint density at radius 1 is 1.31 bits per heavy atom. The second kappa shape index (κ2) is 6.28. The summed E-state index contributed by atoms with van der Waals surface area (Å²) in [7, 11) is 0. The SMILES string of the molecule is CCOc1ncc(-n2ncc(C(=O)O)c2C(F)(F)F)c2cccc(F)c12. The fourth-order valence-corrected chi connectivity index (χ4v) is 2.58. The Balaban J connectivity index is 2.36. The topological polar surface area (TPSA) is 77.2 Å². The Morgan fingerprint density at radius 2 is 2.04 bits per heavy atom. The minimum absolute atomic E-state index is 0.0500. The van der Waals surface area contributed by atoms with E-state index in [0.29, 0.717) is 10.9 Å². The number of fused-ring (bicyclic) bond motifs is 1. The van der Waals surface area contributed by atoms with Gasteiger partial charge in [0.05, 0.1) is 30.1 Å². The second-order valence-electron chi connectivity index (χ2n) is 5.17. The van der Waals surface area contributed by atoms with E-state index in [1.807, 2.05) is 0 Å². The van der Waals surface area contributed by atoms with Crippen molar-refractivity contribution in [2.24, 2.45) is 0 Å². The number of halogens is 4. The molecule has 2 aromatic heterocycles. The van der Waals surface area contributed by atoms with Crippen LogP contribution in [0.2, 0.25) is 0 Å². The molecule has 0 fully saturated rings. The van der Waals surface area contributed by atoms with Crippen LogP contribution < -0.4 is 4.74 Å². The molecule has 0 atom stereocenters. The smallest absolute Gasteiger partial charge is 0.434 e. The molecule has 0 saturated heterocycles. The highest BCUT2D eigenvalue weighted by Crippen LogP contribution is 2.36. The maximum Gasteiger partial charge on any atom is 0.434 e. The Bertz CT molecular complexity index is 998. The molecule has 0 spiro atoms. The molecule has 0 radical (unpaired) electrons. The number of rotatable bonds is 4. The first-order chi connectivity index (χ1) is 12.3. The number of aromatic carboxylic acids is 1. The molecule has 1 N–H and O–H groups in total. The minimum atomic E-state index is -5.00. The van der Waals surface area contributed by atoms with Gasteiger partial charge in [-0.25, -0.2) is 18.9 Å². The average molecular weight is 369 g/mol. The molecule has 0 bridgehead atoms. The molecule has 26 heavy (non-hydrogen) atoms. The summed E-state index contributed by atoms with van der Waals surface area (Å²) >= 11 is 0. The van der Waals surface area contributed by atoms with Gasteiger partial charge in [0.1, 0.15) is 11.4 Å². The minimum Gasteiger partial charge on any atom is -0.478 e. The largest absolute Gasteiger partial charge is 0.478 e. The number of alkyl halides is 3. The van der Waals surface area contributed by atoms with Crippen molar-refractivity contribution in [2.75, 3.05) is 6.61 Å². The predicted octanol–water partition coefficient (Wildman–Crippen LogP) is 3.68. The zero-order chi connectivity index (χ0) is 19.1. The van der Waals surface area contributed by atoms with Crippen molar-refractivity contribution < 1.29 is 32.2 Å². The van der Waals surface area contributed by atoms with E-state index in [1.165, 1.54) is 12.1 Å². The molecule has 0 aliphatic carbocycles. The van der Waals surface area contributed by atoms with E-state index in [4.69, 9.17) is 9.84 Å². The number of carboxylic acids is 1. The number of carbonyl (C=O) groups is 1. The van der Waals surface area contributed by atoms with Gasteiger partial charge in [-0.15, -0.1) is 0 Å². The van der Waals surface area contributed by atoms with Crippen LogP contribution in [0.4, 0.5) is 17.6 Å². The van der Waals surface area contributed by atoms with Crippen LogP contribution in [0.15, 0.2) is 30.6 Å². The van der Waals surface area contributed by atoms with Crippen molar-refractivity contribution >= 4 is 16.7 Å².